The molecule has 104 valence electrons. The smallest absolute Gasteiger partial charge is 0.249 e. The number of nitrogens with one attached hydrogen (secondary N) is 1. The first-order valence-electron chi connectivity index (χ1n) is 6.34. The van der Waals surface area contributed by atoms with Gasteiger partial charge in [0, 0.05) is 18.2 Å². The Bertz CT molecular complexity index is 614. The molecule has 0 bridgehead atoms. The van der Waals surface area contributed by atoms with Crippen LogP contribution in [0.2, 0.25) is 0 Å². The van der Waals surface area contributed by atoms with Gasteiger partial charge in [0.05, 0.1) is 6.20 Å². The van der Waals surface area contributed by atoms with Crippen molar-refractivity contribution >= 4 is 17.8 Å². The summed E-state index contributed by atoms with van der Waals surface area (Å²) in [5, 5.41) is 6.89. The molecule has 0 aliphatic heterocycles. The molecule has 0 fully saturated rings. The monoisotopic (exact) mass is 273 g/mol. The summed E-state index contributed by atoms with van der Waals surface area (Å²) in [6, 6.07) is 7.83. The van der Waals surface area contributed by atoms with Crippen molar-refractivity contribution in [2.24, 2.45) is 0 Å². The van der Waals surface area contributed by atoms with Crippen LogP contribution in [0.25, 0.3) is 6.08 Å². The zero-order valence-electron chi connectivity index (χ0n) is 11.4. The standard InChI is InChI=1S/C15H16FN3O/c1-11(2)19-14(9-10-17-19)18-15(20)8-5-12-3-6-13(16)7-4-12/h3-11H,1-2H3,(H,18,20). The highest BCUT2D eigenvalue weighted by atomic mass is 19.1. The zero-order valence-corrected chi connectivity index (χ0v) is 11.4. The molecule has 0 aliphatic carbocycles. The Kier molecular flexibility index (Phi) is 4.30. The van der Waals surface area contributed by atoms with E-state index in [-0.39, 0.29) is 17.8 Å². The van der Waals surface area contributed by atoms with E-state index in [0.29, 0.717) is 5.82 Å². The number of anilines is 1. The van der Waals surface area contributed by atoms with E-state index in [2.05, 4.69) is 10.4 Å². The van der Waals surface area contributed by atoms with E-state index in [0.717, 1.165) is 5.56 Å². The van der Waals surface area contributed by atoms with Gasteiger partial charge in [-0.25, -0.2) is 9.07 Å². The summed E-state index contributed by atoms with van der Waals surface area (Å²) in [4.78, 5) is 11.8. The predicted molar refractivity (Wildman–Crippen MR) is 76.7 cm³/mol. The molecule has 0 spiro atoms. The number of hydrogen-bond acceptors (Lipinski definition) is 2. The van der Waals surface area contributed by atoms with Crippen LogP contribution in [0, 0.1) is 5.82 Å². The quantitative estimate of drug-likeness (QED) is 0.869. The Hall–Kier alpha value is -2.43. The van der Waals surface area contributed by atoms with Crippen LogP contribution in [0.1, 0.15) is 25.5 Å². The molecule has 2 aromatic rings. The first kappa shape index (κ1) is 14.0. The van der Waals surface area contributed by atoms with Gasteiger partial charge in [-0.3, -0.25) is 4.79 Å². The SMILES string of the molecule is CC(C)n1nccc1NC(=O)C=Cc1ccc(F)cc1. The minimum atomic E-state index is -0.299. The largest absolute Gasteiger partial charge is 0.307 e. The molecular formula is C15H16FN3O. The van der Waals surface area contributed by atoms with Gasteiger partial charge < -0.3 is 5.32 Å². The number of amides is 1. The number of halogens is 1. The van der Waals surface area contributed by atoms with Crippen LogP contribution in [0.5, 0.6) is 0 Å². The number of carbonyl (C=O) groups is 1. The number of aromatic nitrogens is 2. The predicted octanol–water partition coefficient (Wildman–Crippen LogP) is 3.26. The third kappa shape index (κ3) is 3.54. The topological polar surface area (TPSA) is 46.9 Å². The summed E-state index contributed by atoms with van der Waals surface area (Å²) in [6.07, 6.45) is 4.68. The molecule has 20 heavy (non-hydrogen) atoms. The highest BCUT2D eigenvalue weighted by molar-refractivity contribution is 6.01. The van der Waals surface area contributed by atoms with Crippen LogP contribution in [0.4, 0.5) is 10.2 Å². The Labute approximate surface area is 116 Å². The van der Waals surface area contributed by atoms with Crippen molar-refractivity contribution in [2.45, 2.75) is 19.9 Å². The van der Waals surface area contributed by atoms with E-state index in [1.54, 1.807) is 35.2 Å². The van der Waals surface area contributed by atoms with Crippen molar-refractivity contribution in [2.75, 3.05) is 5.32 Å². The minimum Gasteiger partial charge on any atom is -0.307 e. The molecule has 0 unspecified atom stereocenters. The number of carbonyl (C=O) groups excluding carboxylic acids is 1. The van der Waals surface area contributed by atoms with E-state index in [9.17, 15) is 9.18 Å². The maximum atomic E-state index is 12.7. The summed E-state index contributed by atoms with van der Waals surface area (Å²) in [5.41, 5.74) is 0.763. The van der Waals surface area contributed by atoms with Crippen molar-refractivity contribution < 1.29 is 9.18 Å². The fourth-order valence-electron chi connectivity index (χ4n) is 1.74. The maximum absolute atomic E-state index is 12.7. The number of nitrogens with zero attached hydrogens (tertiary/aromatic N) is 2. The number of hydrogen-bond donors (Lipinski definition) is 1. The van der Waals surface area contributed by atoms with Gasteiger partial charge in [-0.05, 0) is 37.6 Å². The third-order valence-electron chi connectivity index (χ3n) is 2.71. The summed E-state index contributed by atoms with van der Waals surface area (Å²) >= 11 is 0. The van der Waals surface area contributed by atoms with Gasteiger partial charge in [-0.1, -0.05) is 12.1 Å². The lowest BCUT2D eigenvalue weighted by molar-refractivity contribution is -0.111. The Morgan fingerprint density at radius 1 is 1.30 bits per heavy atom. The van der Waals surface area contributed by atoms with Gasteiger partial charge in [0.25, 0.3) is 0 Å². The molecule has 1 N–H and O–H groups in total. The van der Waals surface area contributed by atoms with Crippen molar-refractivity contribution in [3.05, 3.63) is 54.0 Å². The van der Waals surface area contributed by atoms with Crippen molar-refractivity contribution in [3.8, 4) is 0 Å². The van der Waals surface area contributed by atoms with E-state index in [1.807, 2.05) is 13.8 Å². The average Bonchev–Trinajstić information content (AvgIpc) is 2.86. The first-order chi connectivity index (χ1) is 9.56. The molecule has 0 aliphatic rings. The third-order valence-corrected chi connectivity index (χ3v) is 2.71. The van der Waals surface area contributed by atoms with E-state index < -0.39 is 0 Å². The van der Waals surface area contributed by atoms with Crippen molar-refractivity contribution in [3.63, 3.8) is 0 Å². The van der Waals surface area contributed by atoms with Crippen molar-refractivity contribution in [1.29, 1.82) is 0 Å². The molecular weight excluding hydrogens is 257 g/mol. The van der Waals surface area contributed by atoms with Gasteiger partial charge in [0.15, 0.2) is 0 Å². The van der Waals surface area contributed by atoms with Crippen LogP contribution in [0.3, 0.4) is 0 Å². The zero-order chi connectivity index (χ0) is 14.5. The summed E-state index contributed by atoms with van der Waals surface area (Å²) in [7, 11) is 0. The molecule has 1 heterocycles. The summed E-state index contributed by atoms with van der Waals surface area (Å²) < 4.78 is 14.5. The van der Waals surface area contributed by atoms with Gasteiger partial charge in [0.2, 0.25) is 5.91 Å². The highest BCUT2D eigenvalue weighted by Gasteiger charge is 2.07. The molecule has 1 aromatic carbocycles. The molecule has 1 amide bonds. The molecule has 1 aromatic heterocycles. The fraction of sp³-hybridized carbons (Fsp3) is 0.200. The Balaban J connectivity index is 2.02. The van der Waals surface area contributed by atoms with Gasteiger partial charge >= 0.3 is 0 Å². The lowest BCUT2D eigenvalue weighted by Crippen LogP contribution is -2.14. The highest BCUT2D eigenvalue weighted by Crippen LogP contribution is 2.13. The normalized spacial score (nSPS) is 11.2. The molecule has 0 radical (unpaired) electrons. The summed E-state index contributed by atoms with van der Waals surface area (Å²) in [6.45, 7) is 3.97. The van der Waals surface area contributed by atoms with Crippen LogP contribution in [0.15, 0.2) is 42.6 Å². The number of rotatable bonds is 4. The Morgan fingerprint density at radius 2 is 2.00 bits per heavy atom. The lowest BCUT2D eigenvalue weighted by Gasteiger charge is -2.10. The summed E-state index contributed by atoms with van der Waals surface area (Å²) in [5.74, 6) is 0.0953. The molecule has 2 rings (SSSR count). The Morgan fingerprint density at radius 3 is 2.65 bits per heavy atom. The second-order valence-electron chi connectivity index (χ2n) is 4.63. The van der Waals surface area contributed by atoms with E-state index in [4.69, 9.17) is 0 Å². The minimum absolute atomic E-state index is 0.168. The second kappa shape index (κ2) is 6.14. The molecule has 5 heteroatoms. The van der Waals surface area contributed by atoms with Gasteiger partial charge in [0.1, 0.15) is 11.6 Å². The maximum Gasteiger partial charge on any atom is 0.249 e. The number of benzene rings is 1. The average molecular weight is 273 g/mol. The van der Waals surface area contributed by atoms with Gasteiger partial charge in [-0.15, -0.1) is 0 Å². The van der Waals surface area contributed by atoms with Crippen molar-refractivity contribution in [1.82, 2.24) is 9.78 Å². The fourth-order valence-corrected chi connectivity index (χ4v) is 1.74. The lowest BCUT2D eigenvalue weighted by atomic mass is 10.2. The second-order valence-corrected chi connectivity index (χ2v) is 4.63. The van der Waals surface area contributed by atoms with Crippen LogP contribution in [-0.2, 0) is 4.79 Å². The first-order valence-corrected chi connectivity index (χ1v) is 6.34. The van der Waals surface area contributed by atoms with Gasteiger partial charge in [-0.2, -0.15) is 5.10 Å². The molecule has 4 nitrogen and oxygen atoms in total. The van der Waals surface area contributed by atoms with Crippen LogP contribution >= 0.6 is 0 Å². The van der Waals surface area contributed by atoms with Crippen LogP contribution < -0.4 is 5.32 Å². The molecule has 0 saturated carbocycles. The molecule has 0 atom stereocenters. The molecule has 0 saturated heterocycles. The van der Waals surface area contributed by atoms with E-state index in [1.165, 1.54) is 18.2 Å². The van der Waals surface area contributed by atoms with Crippen LogP contribution in [-0.4, -0.2) is 15.7 Å². The van der Waals surface area contributed by atoms with E-state index >= 15 is 0 Å².